The minimum Gasteiger partial charge on any atom is -0.344 e. The Morgan fingerprint density at radius 1 is 0.926 bits per heavy atom. The first kappa shape index (κ1) is 18.6. The molecule has 0 saturated carbocycles. The molecule has 3 rings (SSSR count). The third kappa shape index (κ3) is 4.71. The Kier molecular flexibility index (Phi) is 5.84. The molecule has 0 aliphatic rings. The summed E-state index contributed by atoms with van der Waals surface area (Å²) in [7, 11) is 0. The molecule has 3 aromatic rings. The van der Waals surface area contributed by atoms with Crippen LogP contribution in [0.3, 0.4) is 0 Å². The van der Waals surface area contributed by atoms with E-state index in [1.54, 1.807) is 54.7 Å². The highest BCUT2D eigenvalue weighted by atomic mass is 35.5. The van der Waals surface area contributed by atoms with E-state index < -0.39 is 0 Å². The molecule has 0 aliphatic heterocycles. The fourth-order valence-corrected chi connectivity index (χ4v) is 2.69. The number of halogens is 1. The second kappa shape index (κ2) is 8.47. The normalized spacial score (nSPS) is 11.5. The number of nitrogens with one attached hydrogen (secondary N) is 2. The SMILES string of the molecule is C[C@@H](NC(=O)c1ccccc1NC(=O)c1ccc(Cl)cc1)c1ccccn1. The molecule has 6 heteroatoms. The molecule has 27 heavy (non-hydrogen) atoms. The van der Waals surface area contributed by atoms with Gasteiger partial charge >= 0.3 is 0 Å². The summed E-state index contributed by atoms with van der Waals surface area (Å²) in [5.41, 5.74) is 2.02. The first-order valence-corrected chi connectivity index (χ1v) is 8.80. The van der Waals surface area contributed by atoms with E-state index in [4.69, 9.17) is 11.6 Å². The summed E-state index contributed by atoms with van der Waals surface area (Å²) in [5.74, 6) is -0.607. The molecule has 5 nitrogen and oxygen atoms in total. The third-order valence-electron chi connectivity index (χ3n) is 4.01. The van der Waals surface area contributed by atoms with Gasteiger partial charge in [-0.3, -0.25) is 14.6 Å². The molecule has 1 atom stereocenters. The quantitative estimate of drug-likeness (QED) is 0.686. The molecule has 0 aliphatic carbocycles. The smallest absolute Gasteiger partial charge is 0.255 e. The van der Waals surface area contributed by atoms with Crippen molar-refractivity contribution in [3.8, 4) is 0 Å². The van der Waals surface area contributed by atoms with Gasteiger partial charge < -0.3 is 10.6 Å². The Hall–Kier alpha value is -3.18. The summed E-state index contributed by atoms with van der Waals surface area (Å²) in [6, 6.07) is 18.7. The van der Waals surface area contributed by atoms with Crippen LogP contribution >= 0.6 is 11.6 Å². The van der Waals surface area contributed by atoms with Gasteiger partial charge in [-0.25, -0.2) is 0 Å². The zero-order chi connectivity index (χ0) is 19.2. The Labute approximate surface area is 162 Å². The van der Waals surface area contributed by atoms with Gasteiger partial charge in [0, 0.05) is 16.8 Å². The number of carbonyl (C=O) groups is 2. The highest BCUT2D eigenvalue weighted by Crippen LogP contribution is 2.19. The van der Waals surface area contributed by atoms with E-state index in [-0.39, 0.29) is 17.9 Å². The van der Waals surface area contributed by atoms with Crippen LogP contribution in [-0.2, 0) is 0 Å². The molecule has 0 bridgehead atoms. The van der Waals surface area contributed by atoms with Gasteiger partial charge in [-0.1, -0.05) is 29.8 Å². The number of carbonyl (C=O) groups excluding carboxylic acids is 2. The van der Waals surface area contributed by atoms with E-state index in [1.165, 1.54) is 0 Å². The fourth-order valence-electron chi connectivity index (χ4n) is 2.57. The van der Waals surface area contributed by atoms with Crippen molar-refractivity contribution in [2.45, 2.75) is 13.0 Å². The molecule has 1 aromatic heterocycles. The summed E-state index contributed by atoms with van der Waals surface area (Å²) in [6.07, 6.45) is 1.68. The summed E-state index contributed by atoms with van der Waals surface area (Å²) in [4.78, 5) is 29.4. The van der Waals surface area contributed by atoms with E-state index in [1.807, 2.05) is 25.1 Å². The highest BCUT2D eigenvalue weighted by molar-refractivity contribution is 6.30. The lowest BCUT2D eigenvalue weighted by atomic mass is 10.1. The standard InChI is InChI=1S/C21H18ClN3O2/c1-14(18-7-4-5-13-23-18)24-21(27)17-6-2-3-8-19(17)25-20(26)15-9-11-16(22)12-10-15/h2-14H,1H3,(H,24,27)(H,25,26)/t14-/m1/s1. The van der Waals surface area contributed by atoms with Crippen molar-refractivity contribution in [1.82, 2.24) is 10.3 Å². The largest absolute Gasteiger partial charge is 0.344 e. The molecule has 2 amide bonds. The molecular weight excluding hydrogens is 362 g/mol. The van der Waals surface area contributed by atoms with Crippen molar-refractivity contribution in [3.63, 3.8) is 0 Å². The first-order valence-electron chi connectivity index (χ1n) is 8.42. The van der Waals surface area contributed by atoms with E-state index >= 15 is 0 Å². The Morgan fingerprint density at radius 2 is 1.63 bits per heavy atom. The van der Waals surface area contributed by atoms with Gasteiger partial charge in [-0.2, -0.15) is 0 Å². The van der Waals surface area contributed by atoms with Gasteiger partial charge in [0.2, 0.25) is 0 Å². The molecule has 2 N–H and O–H groups in total. The number of para-hydroxylation sites is 1. The van der Waals surface area contributed by atoms with Crippen molar-refractivity contribution in [2.75, 3.05) is 5.32 Å². The van der Waals surface area contributed by atoms with Crippen LogP contribution in [0.4, 0.5) is 5.69 Å². The number of nitrogens with zero attached hydrogens (tertiary/aromatic N) is 1. The molecule has 1 heterocycles. The zero-order valence-corrected chi connectivity index (χ0v) is 15.4. The lowest BCUT2D eigenvalue weighted by molar-refractivity contribution is 0.0940. The molecule has 0 saturated heterocycles. The van der Waals surface area contributed by atoms with Crippen LogP contribution in [0.1, 0.15) is 39.4 Å². The number of aromatic nitrogens is 1. The van der Waals surface area contributed by atoms with Crippen LogP contribution in [0, 0.1) is 0 Å². The Balaban J connectivity index is 1.76. The number of hydrogen-bond acceptors (Lipinski definition) is 3. The molecule has 0 spiro atoms. The second-order valence-electron chi connectivity index (χ2n) is 5.96. The van der Waals surface area contributed by atoms with E-state index in [2.05, 4.69) is 15.6 Å². The number of anilines is 1. The van der Waals surface area contributed by atoms with Crippen molar-refractivity contribution < 1.29 is 9.59 Å². The van der Waals surface area contributed by atoms with Gasteiger partial charge in [0.15, 0.2) is 0 Å². The van der Waals surface area contributed by atoms with Crippen LogP contribution in [0.2, 0.25) is 5.02 Å². The van der Waals surface area contributed by atoms with Crippen LogP contribution in [0.15, 0.2) is 72.9 Å². The second-order valence-corrected chi connectivity index (χ2v) is 6.39. The molecule has 136 valence electrons. The maximum Gasteiger partial charge on any atom is 0.255 e. The average Bonchev–Trinajstić information content (AvgIpc) is 2.69. The molecular formula is C21H18ClN3O2. The Morgan fingerprint density at radius 3 is 2.33 bits per heavy atom. The van der Waals surface area contributed by atoms with Crippen LogP contribution in [0.25, 0.3) is 0 Å². The van der Waals surface area contributed by atoms with Gasteiger partial charge in [0.25, 0.3) is 11.8 Å². The fraction of sp³-hybridized carbons (Fsp3) is 0.0952. The van der Waals surface area contributed by atoms with E-state index in [0.29, 0.717) is 21.8 Å². The van der Waals surface area contributed by atoms with Crippen molar-refractivity contribution in [1.29, 1.82) is 0 Å². The summed E-state index contributed by atoms with van der Waals surface area (Å²) in [5, 5.41) is 6.24. The highest BCUT2D eigenvalue weighted by Gasteiger charge is 2.17. The minimum absolute atomic E-state index is 0.265. The number of amides is 2. The molecule has 0 radical (unpaired) electrons. The van der Waals surface area contributed by atoms with Crippen LogP contribution in [0.5, 0.6) is 0 Å². The molecule has 0 unspecified atom stereocenters. The molecule has 2 aromatic carbocycles. The lowest BCUT2D eigenvalue weighted by Crippen LogP contribution is -2.28. The maximum atomic E-state index is 12.7. The van der Waals surface area contributed by atoms with Gasteiger partial charge in [-0.15, -0.1) is 0 Å². The van der Waals surface area contributed by atoms with Gasteiger partial charge in [-0.05, 0) is 55.5 Å². The molecule has 0 fully saturated rings. The number of hydrogen-bond donors (Lipinski definition) is 2. The predicted molar refractivity (Wildman–Crippen MR) is 106 cm³/mol. The van der Waals surface area contributed by atoms with E-state index in [9.17, 15) is 9.59 Å². The first-order chi connectivity index (χ1) is 13.0. The topological polar surface area (TPSA) is 71.1 Å². The van der Waals surface area contributed by atoms with Crippen molar-refractivity contribution in [2.24, 2.45) is 0 Å². The monoisotopic (exact) mass is 379 g/mol. The average molecular weight is 380 g/mol. The number of rotatable bonds is 5. The number of benzene rings is 2. The maximum absolute atomic E-state index is 12.7. The van der Waals surface area contributed by atoms with Gasteiger partial charge in [0.1, 0.15) is 0 Å². The zero-order valence-electron chi connectivity index (χ0n) is 14.6. The summed E-state index contributed by atoms with van der Waals surface area (Å²) >= 11 is 5.85. The summed E-state index contributed by atoms with van der Waals surface area (Å²) in [6.45, 7) is 1.86. The third-order valence-corrected chi connectivity index (χ3v) is 4.26. The summed E-state index contributed by atoms with van der Waals surface area (Å²) < 4.78 is 0. The van der Waals surface area contributed by atoms with Gasteiger partial charge in [0.05, 0.1) is 23.0 Å². The lowest BCUT2D eigenvalue weighted by Gasteiger charge is -2.15. The Bertz CT molecular complexity index is 943. The number of pyridine rings is 1. The van der Waals surface area contributed by atoms with Crippen LogP contribution < -0.4 is 10.6 Å². The van der Waals surface area contributed by atoms with Crippen LogP contribution in [-0.4, -0.2) is 16.8 Å². The van der Waals surface area contributed by atoms with Crippen molar-refractivity contribution >= 4 is 29.1 Å². The van der Waals surface area contributed by atoms with Crippen molar-refractivity contribution in [3.05, 3.63) is 94.8 Å². The van der Waals surface area contributed by atoms with E-state index in [0.717, 1.165) is 5.69 Å². The predicted octanol–water partition coefficient (Wildman–Crippen LogP) is 4.48. The minimum atomic E-state index is -0.315.